The SMILES string of the molecule is COc1cc(Cl)cc(C=C2C(=O)NN(c3ccccc3)C2=O)c1OCC(=O)Nc1ccccc1F. The second-order valence-corrected chi connectivity index (χ2v) is 7.75. The number of methoxy groups -OCH3 is 1. The molecule has 1 aliphatic rings. The van der Waals surface area contributed by atoms with Crippen LogP contribution in [0.4, 0.5) is 15.8 Å². The fourth-order valence-electron chi connectivity index (χ4n) is 3.36. The molecule has 0 aromatic heterocycles. The number of hydrogen-bond acceptors (Lipinski definition) is 5. The van der Waals surface area contributed by atoms with Crippen LogP contribution in [0.1, 0.15) is 5.56 Å². The van der Waals surface area contributed by atoms with E-state index in [1.165, 1.54) is 43.5 Å². The minimum atomic E-state index is -0.629. The van der Waals surface area contributed by atoms with Crippen LogP contribution in [-0.2, 0) is 14.4 Å². The predicted octanol–water partition coefficient (Wildman–Crippen LogP) is 3.97. The van der Waals surface area contributed by atoms with Crippen molar-refractivity contribution < 1.29 is 28.2 Å². The number of benzene rings is 3. The molecule has 35 heavy (non-hydrogen) atoms. The van der Waals surface area contributed by atoms with Gasteiger partial charge in [-0.2, -0.15) is 0 Å². The number of nitrogens with zero attached hydrogens (tertiary/aromatic N) is 1. The third-order valence-corrected chi connectivity index (χ3v) is 5.19. The van der Waals surface area contributed by atoms with E-state index in [0.29, 0.717) is 5.69 Å². The topological polar surface area (TPSA) is 97.0 Å². The molecule has 2 N–H and O–H groups in total. The lowest BCUT2D eigenvalue weighted by atomic mass is 10.1. The molecule has 1 aliphatic heterocycles. The molecular formula is C25H19ClFN3O5. The predicted molar refractivity (Wildman–Crippen MR) is 129 cm³/mol. The first-order valence-corrected chi connectivity index (χ1v) is 10.7. The smallest absolute Gasteiger partial charge is 0.282 e. The van der Waals surface area contributed by atoms with Crippen LogP contribution in [0.25, 0.3) is 6.08 Å². The van der Waals surface area contributed by atoms with E-state index in [4.69, 9.17) is 21.1 Å². The largest absolute Gasteiger partial charge is 0.493 e. The van der Waals surface area contributed by atoms with Crippen LogP contribution >= 0.6 is 11.6 Å². The normalized spacial score (nSPS) is 14.1. The number of rotatable bonds is 7. The lowest BCUT2D eigenvalue weighted by molar-refractivity contribution is -0.118. The molecular weight excluding hydrogens is 477 g/mol. The first-order valence-electron chi connectivity index (χ1n) is 10.3. The van der Waals surface area contributed by atoms with Crippen molar-refractivity contribution in [2.24, 2.45) is 0 Å². The van der Waals surface area contributed by atoms with Gasteiger partial charge in [0.05, 0.1) is 18.5 Å². The number of nitrogens with one attached hydrogen (secondary N) is 2. The number of hydrogen-bond donors (Lipinski definition) is 2. The van der Waals surface area contributed by atoms with Crippen LogP contribution in [-0.4, -0.2) is 31.4 Å². The lowest BCUT2D eigenvalue weighted by Crippen LogP contribution is -2.35. The van der Waals surface area contributed by atoms with E-state index in [2.05, 4.69) is 10.7 Å². The Hall–Kier alpha value is -4.37. The van der Waals surface area contributed by atoms with Crippen molar-refractivity contribution in [1.29, 1.82) is 0 Å². The zero-order chi connectivity index (χ0) is 24.9. The van der Waals surface area contributed by atoms with E-state index in [0.717, 1.165) is 5.01 Å². The molecule has 1 heterocycles. The van der Waals surface area contributed by atoms with Gasteiger partial charge >= 0.3 is 0 Å². The molecule has 3 amide bonds. The molecule has 0 atom stereocenters. The zero-order valence-corrected chi connectivity index (χ0v) is 19.1. The Balaban J connectivity index is 1.61. The van der Waals surface area contributed by atoms with Gasteiger partial charge in [-0.15, -0.1) is 0 Å². The second-order valence-electron chi connectivity index (χ2n) is 7.32. The number of carbonyl (C=O) groups excluding carboxylic acids is 3. The highest BCUT2D eigenvalue weighted by Gasteiger charge is 2.34. The van der Waals surface area contributed by atoms with Crippen molar-refractivity contribution in [3.05, 3.63) is 88.7 Å². The van der Waals surface area contributed by atoms with E-state index in [1.54, 1.807) is 36.4 Å². The van der Waals surface area contributed by atoms with Gasteiger partial charge in [0.25, 0.3) is 17.7 Å². The zero-order valence-electron chi connectivity index (χ0n) is 18.4. The van der Waals surface area contributed by atoms with Crippen molar-refractivity contribution in [3.8, 4) is 11.5 Å². The Morgan fingerprint density at radius 3 is 2.54 bits per heavy atom. The van der Waals surface area contributed by atoms with Gasteiger partial charge in [0.15, 0.2) is 18.1 Å². The summed E-state index contributed by atoms with van der Waals surface area (Å²) >= 11 is 6.19. The fourth-order valence-corrected chi connectivity index (χ4v) is 3.58. The molecule has 0 saturated carbocycles. The van der Waals surface area contributed by atoms with Gasteiger partial charge in [0, 0.05) is 16.7 Å². The molecule has 3 aromatic rings. The van der Waals surface area contributed by atoms with E-state index in [9.17, 15) is 18.8 Å². The molecule has 3 aromatic carbocycles. The molecule has 8 nitrogen and oxygen atoms in total. The van der Waals surface area contributed by atoms with Crippen LogP contribution < -0.4 is 25.2 Å². The standard InChI is InChI=1S/C25H19ClFN3O5/c1-34-21-13-16(26)11-15(23(21)35-14-22(31)28-20-10-6-5-9-19(20)27)12-18-24(32)29-30(25(18)33)17-7-3-2-4-8-17/h2-13H,14H2,1H3,(H,28,31)(H,29,32). The minimum absolute atomic E-state index is 0.000685. The Morgan fingerprint density at radius 1 is 1.11 bits per heavy atom. The van der Waals surface area contributed by atoms with Crippen molar-refractivity contribution in [3.63, 3.8) is 0 Å². The number of para-hydroxylation sites is 2. The van der Waals surface area contributed by atoms with Crippen LogP contribution in [0.15, 0.2) is 72.3 Å². The quantitative estimate of drug-likeness (QED) is 0.382. The van der Waals surface area contributed by atoms with Crippen LogP contribution in [0.2, 0.25) is 5.02 Å². The fraction of sp³-hybridized carbons (Fsp3) is 0.0800. The molecule has 10 heteroatoms. The number of amides is 3. The monoisotopic (exact) mass is 495 g/mol. The minimum Gasteiger partial charge on any atom is -0.493 e. The summed E-state index contributed by atoms with van der Waals surface area (Å²) in [5, 5.41) is 3.79. The third-order valence-electron chi connectivity index (χ3n) is 4.97. The molecule has 0 unspecified atom stereocenters. The Labute approximate surface area is 204 Å². The second kappa shape index (κ2) is 10.3. The summed E-state index contributed by atoms with van der Waals surface area (Å²) in [5.41, 5.74) is 3.06. The average molecular weight is 496 g/mol. The van der Waals surface area contributed by atoms with Gasteiger partial charge in [-0.05, 0) is 36.4 Å². The Bertz CT molecular complexity index is 1330. The number of carbonyl (C=O) groups is 3. The first-order chi connectivity index (χ1) is 16.9. The summed E-state index contributed by atoms with van der Waals surface area (Å²) in [4.78, 5) is 37.9. The van der Waals surface area contributed by atoms with Crippen molar-refractivity contribution in [2.45, 2.75) is 0 Å². The van der Waals surface area contributed by atoms with E-state index < -0.39 is 30.1 Å². The van der Waals surface area contributed by atoms with Gasteiger partial charge in [0.1, 0.15) is 11.4 Å². The summed E-state index contributed by atoms with van der Waals surface area (Å²) in [6, 6.07) is 17.2. The Morgan fingerprint density at radius 2 is 1.83 bits per heavy atom. The van der Waals surface area contributed by atoms with Gasteiger partial charge in [0.2, 0.25) is 0 Å². The summed E-state index contributed by atoms with van der Waals surface area (Å²) in [6.45, 7) is -0.501. The summed E-state index contributed by atoms with van der Waals surface area (Å²) in [5.74, 6) is -2.18. The van der Waals surface area contributed by atoms with Gasteiger partial charge in [-0.25, -0.2) is 9.40 Å². The van der Waals surface area contributed by atoms with E-state index in [-0.39, 0.29) is 33.3 Å². The van der Waals surface area contributed by atoms with Gasteiger partial charge in [-0.3, -0.25) is 19.8 Å². The van der Waals surface area contributed by atoms with Crippen LogP contribution in [0.3, 0.4) is 0 Å². The lowest BCUT2D eigenvalue weighted by Gasteiger charge is -2.15. The molecule has 0 bridgehead atoms. The van der Waals surface area contributed by atoms with Crippen LogP contribution in [0, 0.1) is 5.82 Å². The maximum Gasteiger partial charge on any atom is 0.282 e. The van der Waals surface area contributed by atoms with Crippen LogP contribution in [0.5, 0.6) is 11.5 Å². The summed E-state index contributed by atoms with van der Waals surface area (Å²) in [7, 11) is 1.37. The maximum atomic E-state index is 13.8. The molecule has 0 radical (unpaired) electrons. The molecule has 1 saturated heterocycles. The summed E-state index contributed by atoms with van der Waals surface area (Å²) < 4.78 is 24.8. The van der Waals surface area contributed by atoms with E-state index in [1.807, 2.05) is 0 Å². The molecule has 4 rings (SSSR count). The average Bonchev–Trinajstić information content (AvgIpc) is 3.13. The third kappa shape index (κ3) is 5.25. The molecule has 0 aliphatic carbocycles. The first kappa shape index (κ1) is 23.8. The highest BCUT2D eigenvalue weighted by Crippen LogP contribution is 2.37. The summed E-state index contributed by atoms with van der Waals surface area (Å²) in [6.07, 6.45) is 1.30. The van der Waals surface area contributed by atoms with Gasteiger partial charge < -0.3 is 14.8 Å². The van der Waals surface area contributed by atoms with Crippen molar-refractivity contribution in [2.75, 3.05) is 24.0 Å². The van der Waals surface area contributed by atoms with Crippen molar-refractivity contribution >= 4 is 46.8 Å². The number of ether oxygens (including phenoxy) is 2. The van der Waals surface area contributed by atoms with Gasteiger partial charge in [-0.1, -0.05) is 41.9 Å². The highest BCUT2D eigenvalue weighted by atomic mass is 35.5. The number of hydrazine groups is 1. The van der Waals surface area contributed by atoms with Crippen molar-refractivity contribution in [1.82, 2.24) is 5.43 Å². The maximum absolute atomic E-state index is 13.8. The Kier molecular flexibility index (Phi) is 6.98. The number of halogens is 2. The molecule has 178 valence electrons. The highest BCUT2D eigenvalue weighted by molar-refractivity contribution is 6.32. The molecule has 1 fully saturated rings. The molecule has 0 spiro atoms. The number of anilines is 2. The van der Waals surface area contributed by atoms with E-state index >= 15 is 0 Å².